The number of nitrogens with zero attached hydrogens (tertiary/aromatic N) is 3. The molecule has 2 aromatic heterocycles. The average molecular weight is 425 g/mol. The lowest BCUT2D eigenvalue weighted by Crippen LogP contribution is -2.73. The predicted octanol–water partition coefficient (Wildman–Crippen LogP) is 4.92. The Hall–Kier alpha value is -4.44. The lowest BCUT2D eigenvalue weighted by Gasteiger charge is -2.23. The minimum Gasteiger partial charge on any atom is -0.455 e. The second-order valence-corrected chi connectivity index (χ2v) is 8.71. The molecular formula is C29H19N3O+2. The van der Waals surface area contributed by atoms with Crippen LogP contribution in [0.4, 0.5) is 0 Å². The van der Waals surface area contributed by atoms with Crippen molar-refractivity contribution >= 4 is 12.2 Å². The van der Waals surface area contributed by atoms with Gasteiger partial charge in [-0.05, 0) is 46.7 Å². The molecule has 5 aromatic rings. The zero-order valence-corrected chi connectivity index (χ0v) is 17.7. The van der Waals surface area contributed by atoms with Gasteiger partial charge in [-0.2, -0.15) is 0 Å². The van der Waals surface area contributed by atoms with Crippen LogP contribution in [0.15, 0.2) is 104 Å². The van der Waals surface area contributed by atoms with Crippen molar-refractivity contribution in [3.63, 3.8) is 0 Å². The van der Waals surface area contributed by atoms with Crippen molar-refractivity contribution in [2.24, 2.45) is 0 Å². The molecule has 1 atom stereocenters. The van der Waals surface area contributed by atoms with E-state index in [1.54, 1.807) is 0 Å². The van der Waals surface area contributed by atoms with Crippen molar-refractivity contribution < 1.29 is 14.0 Å². The molecule has 3 aliphatic heterocycles. The summed E-state index contributed by atoms with van der Waals surface area (Å²) in [6, 6.07) is 29.7. The highest BCUT2D eigenvalue weighted by Gasteiger charge is 2.72. The highest BCUT2D eigenvalue weighted by molar-refractivity contribution is 5.83. The van der Waals surface area contributed by atoms with Crippen LogP contribution in [0.1, 0.15) is 22.3 Å². The lowest BCUT2D eigenvalue weighted by molar-refractivity contribution is -0.988. The second-order valence-electron chi connectivity index (χ2n) is 8.71. The molecule has 3 aliphatic rings. The topological polar surface area (TPSA) is 21.9 Å². The van der Waals surface area contributed by atoms with Gasteiger partial charge in [-0.15, -0.1) is 9.25 Å². The Morgan fingerprint density at radius 2 is 1.58 bits per heavy atom. The lowest BCUT2D eigenvalue weighted by atomic mass is 9.87. The van der Waals surface area contributed by atoms with E-state index in [4.69, 9.17) is 4.74 Å². The van der Waals surface area contributed by atoms with Crippen molar-refractivity contribution in [1.82, 2.24) is 4.68 Å². The van der Waals surface area contributed by atoms with E-state index in [0.29, 0.717) is 0 Å². The first kappa shape index (κ1) is 17.2. The molecule has 4 nitrogen and oxygen atoms in total. The van der Waals surface area contributed by atoms with Crippen LogP contribution in [0.25, 0.3) is 29.1 Å². The molecule has 0 saturated carbocycles. The highest BCUT2D eigenvalue weighted by Crippen LogP contribution is 2.55. The van der Waals surface area contributed by atoms with Crippen molar-refractivity contribution in [1.29, 1.82) is 0 Å². The van der Waals surface area contributed by atoms with E-state index in [9.17, 15) is 0 Å². The third-order valence-corrected chi connectivity index (χ3v) is 7.10. The van der Waals surface area contributed by atoms with Crippen molar-refractivity contribution in [2.45, 2.75) is 5.66 Å². The summed E-state index contributed by atoms with van der Waals surface area (Å²) in [5.41, 5.74) is 7.83. The minimum absolute atomic E-state index is 0.508. The minimum atomic E-state index is -0.508. The maximum Gasteiger partial charge on any atom is 0.447 e. The van der Waals surface area contributed by atoms with Gasteiger partial charge in [0.1, 0.15) is 17.2 Å². The third-order valence-electron chi connectivity index (χ3n) is 7.10. The van der Waals surface area contributed by atoms with Gasteiger partial charge in [0, 0.05) is 17.7 Å². The fraction of sp³-hybridized carbons (Fsp3) is 0.0345. The second kappa shape index (κ2) is 5.87. The van der Waals surface area contributed by atoms with Gasteiger partial charge >= 0.3 is 5.66 Å². The molecule has 3 aromatic carbocycles. The van der Waals surface area contributed by atoms with Crippen LogP contribution in [0.2, 0.25) is 0 Å². The zero-order valence-electron chi connectivity index (χ0n) is 17.7. The number of aromatic nitrogens is 3. The Morgan fingerprint density at radius 1 is 0.727 bits per heavy atom. The van der Waals surface area contributed by atoms with Crippen LogP contribution in [0, 0.1) is 0 Å². The van der Waals surface area contributed by atoms with Crippen LogP contribution in [0.5, 0.6) is 11.5 Å². The van der Waals surface area contributed by atoms with Crippen molar-refractivity contribution in [3.8, 4) is 28.4 Å². The maximum atomic E-state index is 6.50. The van der Waals surface area contributed by atoms with Gasteiger partial charge < -0.3 is 4.74 Å². The fourth-order valence-corrected chi connectivity index (χ4v) is 5.91. The Balaban J connectivity index is 1.49. The summed E-state index contributed by atoms with van der Waals surface area (Å²) >= 11 is 0. The molecule has 154 valence electrons. The zero-order chi connectivity index (χ0) is 21.6. The normalized spacial score (nSPS) is 17.9. The van der Waals surface area contributed by atoms with Crippen molar-refractivity contribution in [3.05, 3.63) is 126 Å². The molecule has 8 rings (SSSR count). The van der Waals surface area contributed by atoms with Gasteiger partial charge in [0.05, 0.1) is 11.8 Å². The number of ether oxygens (including phenoxy) is 1. The first-order valence-electron chi connectivity index (χ1n) is 11.2. The summed E-state index contributed by atoms with van der Waals surface area (Å²) in [4.78, 5) is 0. The number of pyridine rings is 1. The Labute approximate surface area is 190 Å². The Bertz CT molecular complexity index is 1650. The first-order chi connectivity index (χ1) is 16.4. The molecule has 1 spiro atoms. The molecule has 33 heavy (non-hydrogen) atoms. The van der Waals surface area contributed by atoms with Crippen LogP contribution in [-0.4, -0.2) is 4.68 Å². The highest BCUT2D eigenvalue weighted by atomic mass is 16.5. The summed E-state index contributed by atoms with van der Waals surface area (Å²) in [5.74, 6) is 1.83. The molecule has 0 fully saturated rings. The fourth-order valence-electron chi connectivity index (χ4n) is 5.91. The number of fused-ring (bicyclic) bond motifs is 4. The van der Waals surface area contributed by atoms with Gasteiger partial charge in [0.25, 0.3) is 0 Å². The quantitative estimate of drug-likeness (QED) is 0.360. The molecule has 4 heteroatoms. The molecule has 0 saturated heterocycles. The van der Waals surface area contributed by atoms with Gasteiger partial charge in [0.15, 0.2) is 17.3 Å². The molecule has 0 amide bonds. The maximum absolute atomic E-state index is 6.50. The summed E-state index contributed by atoms with van der Waals surface area (Å²) in [6.07, 6.45) is 10.9. The van der Waals surface area contributed by atoms with E-state index < -0.39 is 5.66 Å². The van der Waals surface area contributed by atoms with E-state index >= 15 is 0 Å². The van der Waals surface area contributed by atoms with Gasteiger partial charge in [-0.25, -0.2) is 0 Å². The van der Waals surface area contributed by atoms with E-state index in [1.165, 1.54) is 33.5 Å². The summed E-state index contributed by atoms with van der Waals surface area (Å²) in [6.45, 7) is 0. The number of hydrogen-bond acceptors (Lipinski definition) is 1. The summed E-state index contributed by atoms with van der Waals surface area (Å²) < 4.78 is 13.5. The molecule has 0 radical (unpaired) electrons. The number of hydrogen-bond donors (Lipinski definition) is 0. The van der Waals surface area contributed by atoms with Gasteiger partial charge in [0.2, 0.25) is 11.9 Å². The standard InChI is InChI=1S/C29H19N3O/c1-2-8-20(9-3-1)15-16-21-10-6-17-30-28(21)22-11-4-13-24-26(22)29(30)27-23(12-5-14-25(27)33-24)31-18-7-19-32(29)31/h1-19H/q+2/b16-15+. The van der Waals surface area contributed by atoms with E-state index in [2.05, 4.69) is 124 Å². The van der Waals surface area contributed by atoms with Crippen LogP contribution >= 0.6 is 0 Å². The van der Waals surface area contributed by atoms with Crippen molar-refractivity contribution in [2.75, 3.05) is 0 Å². The predicted molar refractivity (Wildman–Crippen MR) is 125 cm³/mol. The molecule has 0 aliphatic carbocycles. The monoisotopic (exact) mass is 425 g/mol. The van der Waals surface area contributed by atoms with Crippen LogP contribution < -0.4 is 14.0 Å². The molecule has 0 N–H and O–H groups in total. The van der Waals surface area contributed by atoms with E-state index in [-0.39, 0.29) is 0 Å². The third kappa shape index (κ3) is 1.93. The van der Waals surface area contributed by atoms with Gasteiger partial charge in [-0.3, -0.25) is 0 Å². The van der Waals surface area contributed by atoms with Crippen LogP contribution in [-0.2, 0) is 5.66 Å². The Kier molecular flexibility index (Phi) is 3.05. The Morgan fingerprint density at radius 3 is 2.48 bits per heavy atom. The summed E-state index contributed by atoms with van der Waals surface area (Å²) in [7, 11) is 0. The van der Waals surface area contributed by atoms with Gasteiger partial charge in [-0.1, -0.05) is 48.5 Å². The molecule has 1 unspecified atom stereocenters. The molecule has 5 heterocycles. The first-order valence-corrected chi connectivity index (χ1v) is 11.2. The SMILES string of the molecule is C(=C\c1ccc[n+]2c1-c1cccc3c1C21c2c(cccc2-n2ccc[n+]21)O3)/c1ccccc1. The van der Waals surface area contributed by atoms with E-state index in [1.807, 2.05) is 6.07 Å². The average Bonchev–Trinajstić information content (AvgIpc) is 3.53. The smallest absolute Gasteiger partial charge is 0.447 e. The number of rotatable bonds is 2. The van der Waals surface area contributed by atoms with Crippen LogP contribution in [0.3, 0.4) is 0 Å². The molecule has 0 bridgehead atoms. The number of benzene rings is 3. The van der Waals surface area contributed by atoms with E-state index in [0.717, 1.165) is 17.2 Å². The molecular weight excluding hydrogens is 406 g/mol. The largest absolute Gasteiger partial charge is 0.455 e. The summed E-state index contributed by atoms with van der Waals surface area (Å²) in [5, 5.41) is 0.